The van der Waals surface area contributed by atoms with Gasteiger partial charge in [-0.05, 0) is 32.6 Å². The van der Waals surface area contributed by atoms with Gasteiger partial charge in [0, 0.05) is 51.3 Å². The molecule has 3 N–H and O–H groups in total. The van der Waals surface area contributed by atoms with Crippen molar-refractivity contribution < 1.29 is 0 Å². The van der Waals surface area contributed by atoms with E-state index in [0.29, 0.717) is 11.9 Å². The number of nitrogens with one attached hydrogen (secondary N) is 1. The lowest BCUT2D eigenvalue weighted by Gasteiger charge is -2.33. The highest BCUT2D eigenvalue weighted by molar-refractivity contribution is 5.53. The maximum Gasteiger partial charge on any atom is 0.223 e. The van der Waals surface area contributed by atoms with Gasteiger partial charge in [0.1, 0.15) is 23.3 Å². The van der Waals surface area contributed by atoms with Gasteiger partial charge in [-0.15, -0.1) is 0 Å². The summed E-state index contributed by atoms with van der Waals surface area (Å²) in [4.78, 5) is 22.8. The Bertz CT molecular complexity index is 802. The number of hydrogen-bond acceptors (Lipinski definition) is 8. The molecule has 2 aliphatic rings. The summed E-state index contributed by atoms with van der Waals surface area (Å²) in [7, 11) is 1.84. The summed E-state index contributed by atoms with van der Waals surface area (Å²) in [5.41, 5.74) is 7.03. The smallest absolute Gasteiger partial charge is 0.223 e. The van der Waals surface area contributed by atoms with Crippen LogP contribution in [-0.4, -0.2) is 53.2 Å². The van der Waals surface area contributed by atoms with E-state index in [1.807, 2.05) is 20.0 Å². The number of hydrogen-bond donors (Lipinski definition) is 2. The summed E-state index contributed by atoms with van der Waals surface area (Å²) in [6, 6.07) is 4.15. The Morgan fingerprint density at radius 1 is 0.963 bits per heavy atom. The average molecular weight is 368 g/mol. The summed E-state index contributed by atoms with van der Waals surface area (Å²) in [6.07, 6.45) is 4.73. The highest BCUT2D eigenvalue weighted by Gasteiger charge is 2.25. The van der Waals surface area contributed by atoms with Crippen molar-refractivity contribution in [2.45, 2.75) is 38.5 Å². The predicted molar refractivity (Wildman–Crippen MR) is 108 cm³/mol. The van der Waals surface area contributed by atoms with Gasteiger partial charge >= 0.3 is 0 Å². The molecule has 1 atom stereocenters. The highest BCUT2D eigenvalue weighted by Crippen LogP contribution is 2.31. The minimum absolute atomic E-state index is 0.299. The summed E-state index contributed by atoms with van der Waals surface area (Å²) in [5.74, 6) is 4.23. The molecule has 0 aliphatic carbocycles. The molecule has 8 heteroatoms. The monoisotopic (exact) mass is 368 g/mol. The normalized spacial score (nSPS) is 20.1. The Hall–Kier alpha value is -2.64. The van der Waals surface area contributed by atoms with Crippen molar-refractivity contribution >= 4 is 23.4 Å². The van der Waals surface area contributed by atoms with Crippen LogP contribution in [0.2, 0.25) is 0 Å². The first-order valence-electron chi connectivity index (χ1n) is 9.80. The van der Waals surface area contributed by atoms with E-state index in [1.54, 1.807) is 0 Å². The molecule has 2 aromatic heterocycles. The first kappa shape index (κ1) is 17.8. The summed E-state index contributed by atoms with van der Waals surface area (Å²) < 4.78 is 0. The number of piperidine rings is 1. The third-order valence-electron chi connectivity index (χ3n) is 5.42. The van der Waals surface area contributed by atoms with Crippen LogP contribution >= 0.6 is 0 Å². The maximum atomic E-state index is 5.88. The molecule has 2 saturated heterocycles. The van der Waals surface area contributed by atoms with Crippen LogP contribution in [0.3, 0.4) is 0 Å². The number of nitrogens with two attached hydrogens (primary N) is 1. The fourth-order valence-corrected chi connectivity index (χ4v) is 4.06. The molecule has 0 saturated carbocycles. The molecule has 144 valence electrons. The maximum absolute atomic E-state index is 5.88. The van der Waals surface area contributed by atoms with E-state index in [0.717, 1.165) is 68.0 Å². The molecule has 0 radical (unpaired) electrons. The summed E-state index contributed by atoms with van der Waals surface area (Å²) >= 11 is 0. The first-order chi connectivity index (χ1) is 13.1. The minimum atomic E-state index is 0.299. The van der Waals surface area contributed by atoms with Gasteiger partial charge in [0.05, 0.1) is 5.69 Å². The number of nitrogen functional groups attached to an aromatic ring is 1. The van der Waals surface area contributed by atoms with Crippen LogP contribution in [0.15, 0.2) is 12.1 Å². The van der Waals surface area contributed by atoms with Crippen molar-refractivity contribution in [3.63, 3.8) is 0 Å². The Morgan fingerprint density at radius 2 is 1.70 bits per heavy atom. The molecule has 0 aromatic carbocycles. The van der Waals surface area contributed by atoms with E-state index in [1.165, 1.54) is 12.8 Å². The van der Waals surface area contributed by atoms with E-state index >= 15 is 0 Å². The zero-order valence-corrected chi connectivity index (χ0v) is 16.1. The third-order valence-corrected chi connectivity index (χ3v) is 5.42. The Morgan fingerprint density at radius 3 is 2.48 bits per heavy atom. The second kappa shape index (κ2) is 7.54. The van der Waals surface area contributed by atoms with Crippen LogP contribution in [0.25, 0.3) is 0 Å². The molecule has 4 rings (SSSR count). The molecule has 0 bridgehead atoms. The van der Waals surface area contributed by atoms with Crippen molar-refractivity contribution in [1.29, 1.82) is 0 Å². The van der Waals surface area contributed by atoms with Gasteiger partial charge in [-0.25, -0.2) is 9.97 Å². The van der Waals surface area contributed by atoms with E-state index in [-0.39, 0.29) is 0 Å². The first-order valence-corrected chi connectivity index (χ1v) is 9.80. The van der Waals surface area contributed by atoms with E-state index in [2.05, 4.69) is 36.1 Å². The SMILES string of the molecule is CNc1cc(N2CCC[C@@H](c3cc(N4CCCC4)nc(C)n3)C2)nc(N)n1. The molecule has 0 unspecified atom stereocenters. The van der Waals surface area contributed by atoms with Gasteiger partial charge in [-0.2, -0.15) is 9.97 Å². The number of nitrogens with zero attached hydrogens (tertiary/aromatic N) is 6. The Kier molecular flexibility index (Phi) is 4.96. The van der Waals surface area contributed by atoms with Gasteiger partial charge < -0.3 is 20.9 Å². The number of aryl methyl sites for hydroxylation is 1. The molecule has 4 heterocycles. The molecule has 0 spiro atoms. The topological polar surface area (TPSA) is 96.1 Å². The van der Waals surface area contributed by atoms with Gasteiger partial charge in [0.15, 0.2) is 0 Å². The van der Waals surface area contributed by atoms with Crippen molar-refractivity contribution in [3.8, 4) is 0 Å². The van der Waals surface area contributed by atoms with Crippen LogP contribution in [0.1, 0.15) is 43.1 Å². The molecule has 2 fully saturated rings. The van der Waals surface area contributed by atoms with E-state index in [9.17, 15) is 0 Å². The standard InChI is InChI=1S/C19H28N8/c1-13-22-15(10-17(23-13)26-7-3-4-8-26)14-6-5-9-27(12-14)18-11-16(21-2)24-19(20)25-18/h10-11,14H,3-9,12H2,1-2H3,(H3,20,21,24,25)/t14-/m1/s1. The van der Waals surface area contributed by atoms with Gasteiger partial charge in [0.2, 0.25) is 5.95 Å². The molecular formula is C19H28N8. The predicted octanol–water partition coefficient (Wildman–Crippen LogP) is 2.18. The van der Waals surface area contributed by atoms with E-state index in [4.69, 9.17) is 10.7 Å². The van der Waals surface area contributed by atoms with Crippen LogP contribution in [0.5, 0.6) is 0 Å². The lowest BCUT2D eigenvalue weighted by Crippen LogP contribution is -2.35. The van der Waals surface area contributed by atoms with Crippen LogP contribution in [-0.2, 0) is 0 Å². The Labute approximate surface area is 160 Å². The summed E-state index contributed by atoms with van der Waals surface area (Å²) in [5, 5.41) is 3.05. The molecule has 8 nitrogen and oxygen atoms in total. The van der Waals surface area contributed by atoms with Crippen molar-refractivity contribution in [2.24, 2.45) is 0 Å². The van der Waals surface area contributed by atoms with E-state index < -0.39 is 0 Å². The number of anilines is 4. The average Bonchev–Trinajstić information content (AvgIpc) is 3.22. The zero-order valence-electron chi connectivity index (χ0n) is 16.1. The Balaban J connectivity index is 1.57. The molecule has 2 aliphatic heterocycles. The highest BCUT2D eigenvalue weighted by atomic mass is 15.2. The second-order valence-corrected chi connectivity index (χ2v) is 7.40. The molecule has 0 amide bonds. The van der Waals surface area contributed by atoms with Crippen LogP contribution in [0, 0.1) is 6.92 Å². The van der Waals surface area contributed by atoms with Crippen LogP contribution in [0.4, 0.5) is 23.4 Å². The largest absolute Gasteiger partial charge is 0.373 e. The quantitative estimate of drug-likeness (QED) is 0.848. The van der Waals surface area contributed by atoms with Gasteiger partial charge in [-0.1, -0.05) is 0 Å². The fourth-order valence-electron chi connectivity index (χ4n) is 4.06. The van der Waals surface area contributed by atoms with Crippen molar-refractivity contribution in [1.82, 2.24) is 19.9 Å². The second-order valence-electron chi connectivity index (χ2n) is 7.40. The third kappa shape index (κ3) is 3.89. The van der Waals surface area contributed by atoms with Gasteiger partial charge in [-0.3, -0.25) is 0 Å². The molecular weight excluding hydrogens is 340 g/mol. The van der Waals surface area contributed by atoms with Crippen LogP contribution < -0.4 is 20.9 Å². The summed E-state index contributed by atoms with van der Waals surface area (Å²) in [6.45, 7) is 6.04. The number of aromatic nitrogens is 4. The fraction of sp³-hybridized carbons (Fsp3) is 0.579. The zero-order chi connectivity index (χ0) is 18.8. The van der Waals surface area contributed by atoms with Crippen molar-refractivity contribution in [2.75, 3.05) is 54.1 Å². The van der Waals surface area contributed by atoms with Crippen molar-refractivity contribution in [3.05, 3.63) is 23.7 Å². The number of rotatable bonds is 4. The molecule has 2 aromatic rings. The minimum Gasteiger partial charge on any atom is -0.373 e. The lowest BCUT2D eigenvalue weighted by atomic mass is 9.94. The van der Waals surface area contributed by atoms with Gasteiger partial charge in [0.25, 0.3) is 0 Å². The molecule has 27 heavy (non-hydrogen) atoms. The lowest BCUT2D eigenvalue weighted by molar-refractivity contribution is 0.497.